The maximum atomic E-state index is 13.1. The van der Waals surface area contributed by atoms with Crippen LogP contribution in [0.15, 0.2) is 46.9 Å². The third-order valence-electron chi connectivity index (χ3n) is 2.53. The van der Waals surface area contributed by atoms with Crippen molar-refractivity contribution in [3.63, 3.8) is 0 Å². The molecule has 0 unspecified atom stereocenters. The van der Waals surface area contributed by atoms with E-state index in [4.69, 9.17) is 4.74 Å². The lowest BCUT2D eigenvalue weighted by atomic mass is 10.0. The van der Waals surface area contributed by atoms with Gasteiger partial charge in [-0.25, -0.2) is 4.39 Å². The van der Waals surface area contributed by atoms with Gasteiger partial charge in [-0.3, -0.25) is 4.79 Å². The number of carbonyl (C=O) groups is 1. The molecule has 0 atom stereocenters. The first kappa shape index (κ1) is 12.8. The Balaban J connectivity index is 2.44. The van der Waals surface area contributed by atoms with Crippen molar-refractivity contribution in [3.8, 4) is 5.75 Å². The minimum Gasteiger partial charge on any atom is -0.496 e. The van der Waals surface area contributed by atoms with Gasteiger partial charge in [0.25, 0.3) is 0 Å². The molecule has 0 aliphatic rings. The van der Waals surface area contributed by atoms with Gasteiger partial charge < -0.3 is 4.74 Å². The smallest absolute Gasteiger partial charge is 0.196 e. The molecule has 4 heteroatoms. The van der Waals surface area contributed by atoms with Crippen LogP contribution in [0.1, 0.15) is 15.9 Å². The monoisotopic (exact) mass is 308 g/mol. The first-order valence-corrected chi connectivity index (χ1v) is 6.05. The third kappa shape index (κ3) is 2.43. The maximum Gasteiger partial charge on any atom is 0.196 e. The van der Waals surface area contributed by atoms with E-state index in [0.717, 1.165) is 0 Å². The third-order valence-corrected chi connectivity index (χ3v) is 3.14. The highest BCUT2D eigenvalue weighted by Gasteiger charge is 2.14. The van der Waals surface area contributed by atoms with E-state index < -0.39 is 5.82 Å². The number of benzene rings is 2. The molecule has 0 spiro atoms. The van der Waals surface area contributed by atoms with Crippen molar-refractivity contribution in [2.24, 2.45) is 0 Å². The Kier molecular flexibility index (Phi) is 3.77. The highest BCUT2D eigenvalue weighted by molar-refractivity contribution is 9.10. The summed E-state index contributed by atoms with van der Waals surface area (Å²) in [4.78, 5) is 12.3. The summed E-state index contributed by atoms with van der Waals surface area (Å²) in [6, 6.07) is 11.1. The predicted octanol–water partition coefficient (Wildman–Crippen LogP) is 3.83. The van der Waals surface area contributed by atoms with Gasteiger partial charge in [0.2, 0.25) is 0 Å². The van der Waals surface area contributed by atoms with Crippen molar-refractivity contribution < 1.29 is 13.9 Å². The summed E-state index contributed by atoms with van der Waals surface area (Å²) in [7, 11) is 1.51. The molecule has 2 aromatic rings. The quantitative estimate of drug-likeness (QED) is 0.806. The second-order valence-corrected chi connectivity index (χ2v) is 4.51. The van der Waals surface area contributed by atoms with Crippen LogP contribution < -0.4 is 4.74 Å². The van der Waals surface area contributed by atoms with E-state index in [-0.39, 0.29) is 10.3 Å². The molecule has 0 aromatic heterocycles. The average Bonchev–Trinajstić information content (AvgIpc) is 2.41. The van der Waals surface area contributed by atoms with Crippen LogP contribution in [0.3, 0.4) is 0 Å². The van der Waals surface area contributed by atoms with Crippen molar-refractivity contribution in [1.29, 1.82) is 0 Å². The van der Waals surface area contributed by atoms with Gasteiger partial charge in [0.15, 0.2) is 5.78 Å². The lowest BCUT2D eigenvalue weighted by Crippen LogP contribution is -2.04. The van der Waals surface area contributed by atoms with Gasteiger partial charge in [-0.1, -0.05) is 12.1 Å². The second kappa shape index (κ2) is 5.31. The fourth-order valence-corrected chi connectivity index (χ4v) is 2.00. The second-order valence-electron chi connectivity index (χ2n) is 3.66. The van der Waals surface area contributed by atoms with Gasteiger partial charge in [0.1, 0.15) is 11.6 Å². The standard InChI is InChI=1S/C14H10BrFO2/c1-18-13-5-3-2-4-10(13)14(17)9-6-7-12(16)11(15)8-9/h2-8H,1H3. The molecule has 0 radical (unpaired) electrons. The molecule has 0 aliphatic carbocycles. The zero-order valence-electron chi connectivity index (χ0n) is 9.61. The van der Waals surface area contributed by atoms with Crippen molar-refractivity contribution in [1.82, 2.24) is 0 Å². The van der Waals surface area contributed by atoms with Gasteiger partial charge in [0.05, 0.1) is 17.1 Å². The molecule has 0 saturated carbocycles. The normalized spacial score (nSPS) is 10.2. The maximum absolute atomic E-state index is 13.1. The molecule has 0 heterocycles. The highest BCUT2D eigenvalue weighted by Crippen LogP contribution is 2.23. The van der Waals surface area contributed by atoms with Crippen LogP contribution in [-0.4, -0.2) is 12.9 Å². The van der Waals surface area contributed by atoms with Gasteiger partial charge in [-0.15, -0.1) is 0 Å². The summed E-state index contributed by atoms with van der Waals surface area (Å²) in [5.74, 6) is -0.0947. The summed E-state index contributed by atoms with van der Waals surface area (Å²) in [6.45, 7) is 0. The number of hydrogen-bond donors (Lipinski definition) is 0. The van der Waals surface area contributed by atoms with Crippen LogP contribution in [-0.2, 0) is 0 Å². The molecule has 0 N–H and O–H groups in total. The van der Waals surface area contributed by atoms with E-state index in [0.29, 0.717) is 16.9 Å². The Morgan fingerprint density at radius 1 is 1.22 bits per heavy atom. The summed E-state index contributed by atoms with van der Waals surface area (Å²) in [5, 5.41) is 0. The van der Waals surface area contributed by atoms with E-state index >= 15 is 0 Å². The highest BCUT2D eigenvalue weighted by atomic mass is 79.9. The van der Waals surface area contributed by atoms with E-state index in [1.165, 1.54) is 25.3 Å². The minimum absolute atomic E-state index is 0.201. The zero-order chi connectivity index (χ0) is 13.1. The van der Waals surface area contributed by atoms with Gasteiger partial charge in [0, 0.05) is 5.56 Å². The number of halogens is 2. The first-order chi connectivity index (χ1) is 8.63. The lowest BCUT2D eigenvalue weighted by molar-refractivity contribution is 0.103. The largest absolute Gasteiger partial charge is 0.496 e. The molecule has 2 nitrogen and oxygen atoms in total. The summed E-state index contributed by atoms with van der Waals surface area (Å²) >= 11 is 3.06. The molecule has 0 aliphatic heterocycles. The summed E-state index contributed by atoms with van der Waals surface area (Å²) in [6.07, 6.45) is 0. The molecule has 0 bridgehead atoms. The van der Waals surface area contributed by atoms with Crippen molar-refractivity contribution in [2.45, 2.75) is 0 Å². The van der Waals surface area contributed by atoms with Crippen LogP contribution in [0.25, 0.3) is 0 Å². The number of methoxy groups -OCH3 is 1. The van der Waals surface area contributed by atoms with E-state index in [2.05, 4.69) is 15.9 Å². The zero-order valence-corrected chi connectivity index (χ0v) is 11.2. The molecule has 0 amide bonds. The Morgan fingerprint density at radius 2 is 1.94 bits per heavy atom. The molecule has 0 saturated heterocycles. The van der Waals surface area contributed by atoms with E-state index in [1.807, 2.05) is 0 Å². The number of carbonyl (C=O) groups excluding carboxylic acids is 1. The van der Waals surface area contributed by atoms with Crippen LogP contribution in [0.4, 0.5) is 4.39 Å². The number of ether oxygens (including phenoxy) is 1. The van der Waals surface area contributed by atoms with Crippen molar-refractivity contribution in [2.75, 3.05) is 7.11 Å². The van der Waals surface area contributed by atoms with E-state index in [1.54, 1.807) is 24.3 Å². The van der Waals surface area contributed by atoms with Gasteiger partial charge >= 0.3 is 0 Å². The number of para-hydroxylation sites is 1. The Labute approximate surface area is 113 Å². The topological polar surface area (TPSA) is 26.3 Å². The van der Waals surface area contributed by atoms with Gasteiger partial charge in [-0.2, -0.15) is 0 Å². The SMILES string of the molecule is COc1ccccc1C(=O)c1ccc(F)c(Br)c1. The minimum atomic E-state index is -0.397. The first-order valence-electron chi connectivity index (χ1n) is 5.26. The summed E-state index contributed by atoms with van der Waals surface area (Å²) < 4.78 is 18.5. The Morgan fingerprint density at radius 3 is 2.61 bits per heavy atom. The van der Waals surface area contributed by atoms with Crippen LogP contribution in [0.2, 0.25) is 0 Å². The molecular formula is C14H10BrFO2. The van der Waals surface area contributed by atoms with Gasteiger partial charge in [-0.05, 0) is 46.3 Å². The molecule has 2 aromatic carbocycles. The molecular weight excluding hydrogens is 299 g/mol. The molecule has 92 valence electrons. The average molecular weight is 309 g/mol. The number of rotatable bonds is 3. The molecule has 2 rings (SSSR count). The number of hydrogen-bond acceptors (Lipinski definition) is 2. The number of ketones is 1. The van der Waals surface area contributed by atoms with Crippen LogP contribution in [0.5, 0.6) is 5.75 Å². The lowest BCUT2D eigenvalue weighted by Gasteiger charge is -2.07. The van der Waals surface area contributed by atoms with Crippen LogP contribution in [0, 0.1) is 5.82 Å². The molecule has 18 heavy (non-hydrogen) atoms. The summed E-state index contributed by atoms with van der Waals surface area (Å²) in [5.41, 5.74) is 0.867. The van der Waals surface area contributed by atoms with Crippen LogP contribution >= 0.6 is 15.9 Å². The van der Waals surface area contributed by atoms with E-state index in [9.17, 15) is 9.18 Å². The van der Waals surface area contributed by atoms with Crippen molar-refractivity contribution >= 4 is 21.7 Å². The fraction of sp³-hybridized carbons (Fsp3) is 0.0714. The van der Waals surface area contributed by atoms with Crippen molar-refractivity contribution in [3.05, 3.63) is 63.9 Å². The predicted molar refractivity (Wildman–Crippen MR) is 70.5 cm³/mol. The molecule has 0 fully saturated rings. The Bertz CT molecular complexity index is 596. The Hall–Kier alpha value is -1.68. The fourth-order valence-electron chi connectivity index (χ4n) is 1.63.